The van der Waals surface area contributed by atoms with Crippen LogP contribution in [-0.2, 0) is 5.54 Å². The molecule has 0 bridgehead atoms. The lowest BCUT2D eigenvalue weighted by Gasteiger charge is -2.18. The number of rotatable bonds is 4. The van der Waals surface area contributed by atoms with E-state index in [1.807, 2.05) is 24.3 Å². The largest absolute Gasteiger partial charge is 0.399 e. The molecule has 0 atom stereocenters. The molecule has 1 saturated carbocycles. The number of carbonyl (C=O) groups excluding carboxylic acids is 1. The van der Waals surface area contributed by atoms with Crippen molar-refractivity contribution in [1.82, 2.24) is 10.6 Å². The number of urea groups is 1. The van der Waals surface area contributed by atoms with Crippen LogP contribution in [-0.4, -0.2) is 19.1 Å². The summed E-state index contributed by atoms with van der Waals surface area (Å²) in [4.78, 5) is 11.6. The fraction of sp³-hybridized carbons (Fsp3) is 0.417. The van der Waals surface area contributed by atoms with Crippen molar-refractivity contribution in [2.24, 2.45) is 5.73 Å². The Morgan fingerprint density at radius 3 is 2.76 bits per heavy atom. The Balaban J connectivity index is 2.02. The first-order chi connectivity index (χ1) is 8.16. The summed E-state index contributed by atoms with van der Waals surface area (Å²) in [6, 6.07) is 7.48. The fourth-order valence-electron chi connectivity index (χ4n) is 1.89. The lowest BCUT2D eigenvalue weighted by Crippen LogP contribution is -2.43. The van der Waals surface area contributed by atoms with Crippen molar-refractivity contribution in [3.63, 3.8) is 0 Å². The standard InChI is InChI=1S/C12H18N4O/c13-6-7-15-11(17)16-12(4-5-12)9-2-1-3-10(14)8-9/h1-3,8H,4-7,13-14H2,(H2,15,16,17). The molecule has 0 saturated heterocycles. The third-order valence-electron chi connectivity index (χ3n) is 2.97. The van der Waals surface area contributed by atoms with Gasteiger partial charge in [-0.15, -0.1) is 0 Å². The maximum Gasteiger partial charge on any atom is 0.315 e. The van der Waals surface area contributed by atoms with Crippen molar-refractivity contribution >= 4 is 11.7 Å². The summed E-state index contributed by atoms with van der Waals surface area (Å²) >= 11 is 0. The molecule has 0 heterocycles. The van der Waals surface area contributed by atoms with Crippen molar-refractivity contribution in [2.75, 3.05) is 18.8 Å². The highest BCUT2D eigenvalue weighted by Gasteiger charge is 2.45. The normalized spacial score (nSPS) is 16.3. The molecule has 0 aromatic heterocycles. The summed E-state index contributed by atoms with van der Waals surface area (Å²) in [5.41, 5.74) is 12.6. The van der Waals surface area contributed by atoms with E-state index in [-0.39, 0.29) is 11.6 Å². The van der Waals surface area contributed by atoms with Crippen molar-refractivity contribution in [1.29, 1.82) is 0 Å². The number of benzene rings is 1. The summed E-state index contributed by atoms with van der Waals surface area (Å²) in [7, 11) is 0. The molecule has 0 unspecified atom stereocenters. The zero-order valence-electron chi connectivity index (χ0n) is 9.70. The van der Waals surface area contributed by atoms with E-state index in [1.54, 1.807) is 0 Å². The first kappa shape index (κ1) is 11.7. The van der Waals surface area contributed by atoms with Gasteiger partial charge in [-0.2, -0.15) is 0 Å². The minimum Gasteiger partial charge on any atom is -0.399 e. The van der Waals surface area contributed by atoms with Crippen LogP contribution in [0.25, 0.3) is 0 Å². The Morgan fingerprint density at radius 1 is 1.41 bits per heavy atom. The van der Waals surface area contributed by atoms with Gasteiger partial charge in [-0.3, -0.25) is 0 Å². The number of hydrogen-bond donors (Lipinski definition) is 4. The molecule has 1 aliphatic carbocycles. The SMILES string of the molecule is NCCNC(=O)NC1(c2cccc(N)c2)CC1. The van der Waals surface area contributed by atoms with E-state index in [1.165, 1.54) is 0 Å². The van der Waals surface area contributed by atoms with E-state index in [0.717, 1.165) is 24.1 Å². The van der Waals surface area contributed by atoms with Gasteiger partial charge in [0.25, 0.3) is 0 Å². The molecule has 1 aliphatic rings. The van der Waals surface area contributed by atoms with Crippen LogP contribution in [0.3, 0.4) is 0 Å². The molecule has 17 heavy (non-hydrogen) atoms. The molecule has 2 amide bonds. The molecule has 5 nitrogen and oxygen atoms in total. The molecule has 1 fully saturated rings. The number of nitrogen functional groups attached to an aromatic ring is 1. The molecule has 5 heteroatoms. The Bertz CT molecular complexity index is 415. The van der Waals surface area contributed by atoms with Crippen LogP contribution in [0.4, 0.5) is 10.5 Å². The molecule has 1 aromatic carbocycles. The van der Waals surface area contributed by atoms with Crippen LogP contribution in [0, 0.1) is 0 Å². The van der Waals surface area contributed by atoms with Crippen LogP contribution < -0.4 is 22.1 Å². The van der Waals surface area contributed by atoms with Crippen LogP contribution in [0.15, 0.2) is 24.3 Å². The second kappa shape index (κ2) is 4.63. The Kier molecular flexibility index (Phi) is 3.19. The third-order valence-corrected chi connectivity index (χ3v) is 2.97. The average molecular weight is 234 g/mol. The lowest BCUT2D eigenvalue weighted by molar-refractivity contribution is 0.236. The van der Waals surface area contributed by atoms with Gasteiger partial charge in [0.1, 0.15) is 0 Å². The number of amides is 2. The summed E-state index contributed by atoms with van der Waals surface area (Å²) in [5.74, 6) is 0. The first-order valence-corrected chi connectivity index (χ1v) is 5.78. The van der Waals surface area contributed by atoms with Crippen LogP contribution in [0.5, 0.6) is 0 Å². The highest BCUT2D eigenvalue weighted by atomic mass is 16.2. The van der Waals surface area contributed by atoms with Crippen LogP contribution in [0.1, 0.15) is 18.4 Å². The second-order valence-electron chi connectivity index (χ2n) is 4.38. The zero-order valence-corrected chi connectivity index (χ0v) is 9.70. The maximum absolute atomic E-state index is 11.6. The van der Waals surface area contributed by atoms with Gasteiger partial charge >= 0.3 is 6.03 Å². The monoisotopic (exact) mass is 234 g/mol. The first-order valence-electron chi connectivity index (χ1n) is 5.78. The molecule has 2 rings (SSSR count). The second-order valence-corrected chi connectivity index (χ2v) is 4.38. The Morgan fingerprint density at radius 2 is 2.18 bits per heavy atom. The van der Waals surface area contributed by atoms with Gasteiger partial charge in [-0.1, -0.05) is 12.1 Å². The summed E-state index contributed by atoms with van der Waals surface area (Å²) in [6.07, 6.45) is 1.90. The molecular weight excluding hydrogens is 216 g/mol. The van der Waals surface area contributed by atoms with E-state index in [0.29, 0.717) is 13.1 Å². The molecule has 0 radical (unpaired) electrons. The molecule has 6 N–H and O–H groups in total. The zero-order chi connectivity index (χ0) is 12.3. The van der Waals surface area contributed by atoms with Gasteiger partial charge in [0.15, 0.2) is 0 Å². The molecule has 0 aliphatic heterocycles. The molecule has 92 valence electrons. The van der Waals surface area contributed by atoms with Crippen LogP contribution in [0.2, 0.25) is 0 Å². The summed E-state index contributed by atoms with van der Waals surface area (Å²) in [6.45, 7) is 0.928. The Labute approximate surface area is 101 Å². The number of nitrogens with two attached hydrogens (primary N) is 2. The number of anilines is 1. The Hall–Kier alpha value is -1.75. The van der Waals surface area contributed by atoms with Crippen LogP contribution >= 0.6 is 0 Å². The van der Waals surface area contributed by atoms with E-state index in [2.05, 4.69) is 10.6 Å². The highest BCUT2D eigenvalue weighted by Crippen LogP contribution is 2.45. The minimum atomic E-state index is -0.228. The number of hydrogen-bond acceptors (Lipinski definition) is 3. The van der Waals surface area contributed by atoms with E-state index < -0.39 is 0 Å². The fourth-order valence-corrected chi connectivity index (χ4v) is 1.89. The molecule has 0 spiro atoms. The molecular formula is C12H18N4O. The third kappa shape index (κ3) is 2.68. The lowest BCUT2D eigenvalue weighted by atomic mass is 10.0. The van der Waals surface area contributed by atoms with Crippen molar-refractivity contribution in [3.8, 4) is 0 Å². The number of carbonyl (C=O) groups is 1. The molecule has 1 aromatic rings. The predicted molar refractivity (Wildman–Crippen MR) is 67.4 cm³/mol. The van der Waals surface area contributed by atoms with Crippen molar-refractivity contribution in [2.45, 2.75) is 18.4 Å². The number of nitrogens with one attached hydrogen (secondary N) is 2. The topological polar surface area (TPSA) is 93.2 Å². The maximum atomic E-state index is 11.6. The average Bonchev–Trinajstić information content (AvgIpc) is 3.07. The van der Waals surface area contributed by atoms with Gasteiger partial charge in [0.2, 0.25) is 0 Å². The minimum absolute atomic E-state index is 0.171. The van der Waals surface area contributed by atoms with E-state index in [4.69, 9.17) is 11.5 Å². The van der Waals surface area contributed by atoms with Crippen molar-refractivity contribution < 1.29 is 4.79 Å². The smallest absolute Gasteiger partial charge is 0.315 e. The van der Waals surface area contributed by atoms with Gasteiger partial charge in [0, 0.05) is 18.8 Å². The summed E-state index contributed by atoms with van der Waals surface area (Å²) in [5, 5.41) is 5.69. The van der Waals surface area contributed by atoms with E-state index in [9.17, 15) is 4.79 Å². The van der Waals surface area contributed by atoms with Gasteiger partial charge in [-0.25, -0.2) is 4.79 Å². The quantitative estimate of drug-likeness (QED) is 0.572. The summed E-state index contributed by atoms with van der Waals surface area (Å²) < 4.78 is 0. The van der Waals surface area contributed by atoms with Crippen molar-refractivity contribution in [3.05, 3.63) is 29.8 Å². The van der Waals surface area contributed by atoms with Gasteiger partial charge in [0.05, 0.1) is 5.54 Å². The van der Waals surface area contributed by atoms with Gasteiger partial charge in [-0.05, 0) is 30.5 Å². The highest BCUT2D eigenvalue weighted by molar-refractivity contribution is 5.75. The van der Waals surface area contributed by atoms with Gasteiger partial charge < -0.3 is 22.1 Å². The van der Waals surface area contributed by atoms with E-state index >= 15 is 0 Å². The predicted octanol–water partition coefficient (Wildman–Crippen LogP) is 0.516.